The smallest absolute Gasteiger partial charge is 0.262 e. The summed E-state index contributed by atoms with van der Waals surface area (Å²) in [5.41, 5.74) is 2.03. The molecule has 3 aromatic rings. The lowest BCUT2D eigenvalue weighted by Gasteiger charge is -2.10. The zero-order chi connectivity index (χ0) is 23.0. The van der Waals surface area contributed by atoms with Crippen LogP contribution in [0.1, 0.15) is 12.5 Å². The van der Waals surface area contributed by atoms with Gasteiger partial charge in [-0.15, -0.1) is 0 Å². The molecule has 0 radical (unpaired) electrons. The first-order chi connectivity index (χ1) is 15.3. The van der Waals surface area contributed by atoms with E-state index in [1.165, 1.54) is 31.2 Å². The number of carbonyl (C=O) groups excluding carboxylic acids is 2. The summed E-state index contributed by atoms with van der Waals surface area (Å²) in [5.74, 6) is -0.192. The van der Waals surface area contributed by atoms with Gasteiger partial charge in [0.1, 0.15) is 5.75 Å². The Bertz CT molecular complexity index is 1160. The van der Waals surface area contributed by atoms with Crippen molar-refractivity contribution in [1.29, 1.82) is 0 Å². The number of sulfonamides is 1. The lowest BCUT2D eigenvalue weighted by Crippen LogP contribution is -2.23. The van der Waals surface area contributed by atoms with Crippen LogP contribution < -0.4 is 20.1 Å². The fraction of sp³-hybridized carbons (Fsp3) is 0.130. The monoisotopic (exact) mass is 453 g/mol. The highest BCUT2D eigenvalue weighted by Crippen LogP contribution is 2.17. The van der Waals surface area contributed by atoms with Gasteiger partial charge in [-0.25, -0.2) is 13.1 Å². The third kappa shape index (κ3) is 6.93. The van der Waals surface area contributed by atoms with Crippen molar-refractivity contribution < 1.29 is 22.7 Å². The minimum Gasteiger partial charge on any atom is -0.484 e. The van der Waals surface area contributed by atoms with Crippen LogP contribution in [-0.4, -0.2) is 26.8 Å². The number of anilines is 2. The molecule has 0 aliphatic heterocycles. The Hall–Kier alpha value is -3.69. The number of carbonyl (C=O) groups is 2. The molecule has 32 heavy (non-hydrogen) atoms. The van der Waals surface area contributed by atoms with E-state index in [9.17, 15) is 18.0 Å². The van der Waals surface area contributed by atoms with Gasteiger partial charge in [0.2, 0.25) is 15.9 Å². The van der Waals surface area contributed by atoms with Gasteiger partial charge in [0.05, 0.1) is 4.90 Å². The predicted octanol–water partition coefficient (Wildman–Crippen LogP) is 3.14. The lowest BCUT2D eigenvalue weighted by atomic mass is 10.2. The Labute approximate surface area is 186 Å². The van der Waals surface area contributed by atoms with Crippen molar-refractivity contribution in [2.24, 2.45) is 0 Å². The number of ether oxygens (including phenoxy) is 1. The van der Waals surface area contributed by atoms with E-state index in [2.05, 4.69) is 15.4 Å². The van der Waals surface area contributed by atoms with Crippen LogP contribution in [0.5, 0.6) is 5.75 Å². The molecular weight excluding hydrogens is 430 g/mol. The highest BCUT2D eigenvalue weighted by molar-refractivity contribution is 7.89. The summed E-state index contributed by atoms with van der Waals surface area (Å²) in [6, 6.07) is 21.7. The van der Waals surface area contributed by atoms with E-state index in [-0.39, 0.29) is 29.9 Å². The minimum absolute atomic E-state index is 0.101. The summed E-state index contributed by atoms with van der Waals surface area (Å²) in [6.45, 7) is 1.36. The standard InChI is InChI=1S/C23H23N3O5S/c1-17(27)25-19-7-9-20(10-8-19)26-23(28)16-31-21-11-13-22(14-12-21)32(29,30)24-15-18-5-3-2-4-6-18/h2-14,24H,15-16H2,1H3,(H,25,27)(H,26,28). The maximum absolute atomic E-state index is 12.4. The molecule has 0 aromatic heterocycles. The van der Waals surface area contributed by atoms with E-state index >= 15 is 0 Å². The van der Waals surface area contributed by atoms with Gasteiger partial charge in [0, 0.05) is 24.8 Å². The summed E-state index contributed by atoms with van der Waals surface area (Å²) in [7, 11) is -3.67. The van der Waals surface area contributed by atoms with Gasteiger partial charge in [-0.2, -0.15) is 0 Å². The Kier molecular flexibility index (Phi) is 7.58. The number of hydrogen-bond acceptors (Lipinski definition) is 5. The van der Waals surface area contributed by atoms with Crippen molar-refractivity contribution in [3.63, 3.8) is 0 Å². The molecular formula is C23H23N3O5S. The van der Waals surface area contributed by atoms with Gasteiger partial charge in [0.15, 0.2) is 6.61 Å². The van der Waals surface area contributed by atoms with Crippen LogP contribution >= 0.6 is 0 Å². The number of hydrogen-bond donors (Lipinski definition) is 3. The molecule has 0 saturated carbocycles. The molecule has 0 atom stereocenters. The largest absolute Gasteiger partial charge is 0.484 e. The van der Waals surface area contributed by atoms with E-state index in [1.807, 2.05) is 30.3 Å². The molecule has 2 amide bonds. The van der Waals surface area contributed by atoms with E-state index in [0.717, 1.165) is 5.56 Å². The van der Waals surface area contributed by atoms with Gasteiger partial charge in [0.25, 0.3) is 5.91 Å². The average Bonchev–Trinajstić information content (AvgIpc) is 2.78. The summed E-state index contributed by atoms with van der Waals surface area (Å²) in [4.78, 5) is 23.2. The summed E-state index contributed by atoms with van der Waals surface area (Å²) in [5, 5.41) is 5.32. The fourth-order valence-corrected chi connectivity index (χ4v) is 3.78. The molecule has 0 saturated heterocycles. The maximum atomic E-state index is 12.4. The molecule has 9 heteroatoms. The number of benzene rings is 3. The Morgan fingerprint density at radius 3 is 2.00 bits per heavy atom. The van der Waals surface area contributed by atoms with Crippen molar-refractivity contribution in [3.05, 3.63) is 84.4 Å². The van der Waals surface area contributed by atoms with Crippen molar-refractivity contribution in [2.45, 2.75) is 18.4 Å². The maximum Gasteiger partial charge on any atom is 0.262 e. The Morgan fingerprint density at radius 1 is 0.812 bits per heavy atom. The van der Waals surface area contributed by atoms with Crippen LogP contribution in [0.2, 0.25) is 0 Å². The van der Waals surface area contributed by atoms with Crippen LogP contribution in [0.3, 0.4) is 0 Å². The highest BCUT2D eigenvalue weighted by atomic mass is 32.2. The molecule has 3 rings (SSSR count). The summed E-state index contributed by atoms with van der Waals surface area (Å²) >= 11 is 0. The molecule has 0 spiro atoms. The lowest BCUT2D eigenvalue weighted by molar-refractivity contribution is -0.118. The molecule has 0 heterocycles. The molecule has 166 valence electrons. The number of nitrogens with one attached hydrogen (secondary N) is 3. The molecule has 0 unspecified atom stereocenters. The van der Waals surface area contributed by atoms with Crippen molar-refractivity contribution in [2.75, 3.05) is 17.2 Å². The topological polar surface area (TPSA) is 114 Å². The van der Waals surface area contributed by atoms with Gasteiger partial charge in [-0.05, 0) is 54.1 Å². The first-order valence-electron chi connectivity index (χ1n) is 9.76. The highest BCUT2D eigenvalue weighted by Gasteiger charge is 2.14. The molecule has 3 N–H and O–H groups in total. The Balaban J connectivity index is 1.49. The third-order valence-corrected chi connectivity index (χ3v) is 5.72. The summed E-state index contributed by atoms with van der Waals surface area (Å²) < 4.78 is 32.8. The van der Waals surface area contributed by atoms with Crippen molar-refractivity contribution >= 4 is 33.2 Å². The van der Waals surface area contributed by atoms with Crippen LogP contribution in [0.25, 0.3) is 0 Å². The molecule has 3 aromatic carbocycles. The van der Waals surface area contributed by atoms with Gasteiger partial charge in [-0.1, -0.05) is 30.3 Å². The molecule has 8 nitrogen and oxygen atoms in total. The van der Waals surface area contributed by atoms with Crippen LogP contribution in [0.15, 0.2) is 83.8 Å². The fourth-order valence-electron chi connectivity index (χ4n) is 2.76. The molecule has 0 fully saturated rings. The number of amides is 2. The first-order valence-corrected chi connectivity index (χ1v) is 11.2. The quantitative estimate of drug-likeness (QED) is 0.461. The second-order valence-electron chi connectivity index (χ2n) is 6.88. The minimum atomic E-state index is -3.67. The van der Waals surface area contributed by atoms with Crippen LogP contribution in [-0.2, 0) is 26.2 Å². The van der Waals surface area contributed by atoms with E-state index in [1.54, 1.807) is 24.3 Å². The zero-order valence-electron chi connectivity index (χ0n) is 17.4. The van der Waals surface area contributed by atoms with Gasteiger partial charge in [-0.3, -0.25) is 9.59 Å². The zero-order valence-corrected chi connectivity index (χ0v) is 18.2. The van der Waals surface area contributed by atoms with Crippen molar-refractivity contribution in [3.8, 4) is 5.75 Å². The van der Waals surface area contributed by atoms with E-state index in [0.29, 0.717) is 17.1 Å². The van der Waals surface area contributed by atoms with Crippen LogP contribution in [0, 0.1) is 0 Å². The summed E-state index contributed by atoms with van der Waals surface area (Å²) in [6.07, 6.45) is 0. The Morgan fingerprint density at radius 2 is 1.41 bits per heavy atom. The van der Waals surface area contributed by atoms with Gasteiger partial charge >= 0.3 is 0 Å². The van der Waals surface area contributed by atoms with Gasteiger partial charge < -0.3 is 15.4 Å². The normalized spacial score (nSPS) is 10.9. The molecule has 0 aliphatic carbocycles. The van der Waals surface area contributed by atoms with Crippen molar-refractivity contribution in [1.82, 2.24) is 4.72 Å². The second-order valence-corrected chi connectivity index (χ2v) is 8.64. The predicted molar refractivity (Wildman–Crippen MR) is 122 cm³/mol. The SMILES string of the molecule is CC(=O)Nc1ccc(NC(=O)COc2ccc(S(=O)(=O)NCc3ccccc3)cc2)cc1. The van der Waals surface area contributed by atoms with E-state index in [4.69, 9.17) is 4.74 Å². The molecule has 0 bridgehead atoms. The average molecular weight is 454 g/mol. The first kappa shape index (κ1) is 23.0. The number of rotatable bonds is 9. The second kappa shape index (κ2) is 10.6. The van der Waals surface area contributed by atoms with E-state index < -0.39 is 10.0 Å². The molecule has 0 aliphatic rings. The third-order valence-electron chi connectivity index (χ3n) is 4.30. The van der Waals surface area contributed by atoms with Crippen LogP contribution in [0.4, 0.5) is 11.4 Å².